The van der Waals surface area contributed by atoms with E-state index in [2.05, 4.69) is 20.8 Å². The van der Waals surface area contributed by atoms with Crippen molar-refractivity contribution in [2.24, 2.45) is 0 Å². The second-order valence-corrected chi connectivity index (χ2v) is 5.79. The fraction of sp³-hybridized carbons (Fsp3) is 0.118. The fourth-order valence-corrected chi connectivity index (χ4v) is 2.81. The van der Waals surface area contributed by atoms with Crippen molar-refractivity contribution in [2.45, 2.75) is 12.5 Å². The Morgan fingerprint density at radius 3 is 2.25 bits per heavy atom. The second-order valence-electron chi connectivity index (χ2n) is 5.79. The van der Waals surface area contributed by atoms with Crippen LogP contribution in [0.2, 0.25) is 0 Å². The minimum absolute atomic E-state index is 0.300. The summed E-state index contributed by atoms with van der Waals surface area (Å²) in [6.45, 7) is 1.95. The molecule has 0 saturated carbocycles. The highest BCUT2D eigenvalue weighted by Gasteiger charge is 2.32. The van der Waals surface area contributed by atoms with Crippen LogP contribution in [0.15, 0.2) is 54.6 Å². The molecule has 0 spiro atoms. The molecule has 0 unspecified atom stereocenters. The standard InChI is InChI=1S/C17H13F2N5/c1-17(12-4-8-14(19)9-5-12)10-15(11-2-6-13(18)7-3-11)24-16(20-17)21-22-23-24/h2-10H,1H3,(H,20,21,23)/t17-/m1/s1. The molecule has 0 bridgehead atoms. The first-order valence-corrected chi connectivity index (χ1v) is 7.37. The molecule has 2 aromatic carbocycles. The lowest BCUT2D eigenvalue weighted by atomic mass is 9.89. The smallest absolute Gasteiger partial charge is 0.248 e. The third-order valence-electron chi connectivity index (χ3n) is 4.08. The number of rotatable bonds is 2. The average molecular weight is 325 g/mol. The summed E-state index contributed by atoms with van der Waals surface area (Å²) in [5, 5.41) is 14.9. The first-order valence-electron chi connectivity index (χ1n) is 7.37. The third-order valence-corrected chi connectivity index (χ3v) is 4.08. The van der Waals surface area contributed by atoms with Crippen molar-refractivity contribution < 1.29 is 8.78 Å². The van der Waals surface area contributed by atoms with Gasteiger partial charge in [0.05, 0.1) is 11.2 Å². The van der Waals surface area contributed by atoms with Crippen molar-refractivity contribution >= 4 is 11.6 Å². The van der Waals surface area contributed by atoms with Crippen molar-refractivity contribution in [3.63, 3.8) is 0 Å². The van der Waals surface area contributed by atoms with Crippen LogP contribution >= 0.6 is 0 Å². The molecule has 3 aromatic rings. The number of fused-ring (bicyclic) bond motifs is 1. The third kappa shape index (κ3) is 2.34. The number of aromatic nitrogens is 4. The minimum Gasteiger partial charge on any atom is -0.340 e. The molecule has 1 aliphatic rings. The molecule has 1 atom stereocenters. The Bertz CT molecular complexity index is 915. The molecular weight excluding hydrogens is 312 g/mol. The van der Waals surface area contributed by atoms with Gasteiger partial charge in [0.2, 0.25) is 5.95 Å². The van der Waals surface area contributed by atoms with Gasteiger partial charge in [0, 0.05) is 5.56 Å². The van der Waals surface area contributed by atoms with Crippen molar-refractivity contribution in [2.75, 3.05) is 5.32 Å². The van der Waals surface area contributed by atoms with Gasteiger partial charge >= 0.3 is 0 Å². The highest BCUT2D eigenvalue weighted by molar-refractivity contribution is 5.72. The van der Waals surface area contributed by atoms with Crippen LogP contribution in [0.5, 0.6) is 0 Å². The minimum atomic E-state index is -0.637. The van der Waals surface area contributed by atoms with Crippen LogP contribution in [0.3, 0.4) is 0 Å². The Balaban J connectivity index is 1.87. The van der Waals surface area contributed by atoms with Gasteiger partial charge in [-0.25, -0.2) is 8.78 Å². The number of hydrogen-bond acceptors (Lipinski definition) is 4. The van der Waals surface area contributed by atoms with Crippen LogP contribution in [0.4, 0.5) is 14.7 Å². The van der Waals surface area contributed by atoms with Gasteiger partial charge in [-0.15, -0.1) is 0 Å². The number of halogens is 2. The van der Waals surface area contributed by atoms with Gasteiger partial charge in [0.15, 0.2) is 0 Å². The Morgan fingerprint density at radius 1 is 0.958 bits per heavy atom. The second kappa shape index (κ2) is 5.23. The van der Waals surface area contributed by atoms with E-state index in [4.69, 9.17) is 0 Å². The molecule has 0 fully saturated rings. The quantitative estimate of drug-likeness (QED) is 0.786. The van der Waals surface area contributed by atoms with Crippen LogP contribution in [0.1, 0.15) is 18.1 Å². The van der Waals surface area contributed by atoms with E-state index in [9.17, 15) is 8.78 Å². The number of nitrogens with zero attached hydrogens (tertiary/aromatic N) is 4. The number of tetrazole rings is 1. The molecule has 0 amide bonds. The molecule has 1 N–H and O–H groups in total. The zero-order valence-electron chi connectivity index (χ0n) is 12.7. The summed E-state index contributed by atoms with van der Waals surface area (Å²) >= 11 is 0. The zero-order valence-corrected chi connectivity index (χ0v) is 12.7. The Morgan fingerprint density at radius 2 is 1.58 bits per heavy atom. The molecule has 24 heavy (non-hydrogen) atoms. The van der Waals surface area contributed by atoms with Gasteiger partial charge in [-0.3, -0.25) is 0 Å². The largest absolute Gasteiger partial charge is 0.340 e. The molecular formula is C17H13F2N5. The van der Waals surface area contributed by atoms with Gasteiger partial charge in [-0.2, -0.15) is 4.68 Å². The van der Waals surface area contributed by atoms with Gasteiger partial charge in [-0.05, 0) is 65.4 Å². The van der Waals surface area contributed by atoms with Crippen LogP contribution in [0, 0.1) is 11.6 Å². The Hall–Kier alpha value is -3.09. The van der Waals surface area contributed by atoms with Crippen molar-refractivity contribution in [1.29, 1.82) is 0 Å². The highest BCUT2D eigenvalue weighted by Crippen LogP contribution is 2.35. The summed E-state index contributed by atoms with van der Waals surface area (Å²) in [5.41, 5.74) is 1.72. The van der Waals surface area contributed by atoms with Crippen molar-refractivity contribution in [3.05, 3.63) is 77.4 Å². The number of nitrogens with one attached hydrogen (secondary N) is 1. The molecule has 2 heterocycles. The molecule has 1 aromatic heterocycles. The van der Waals surface area contributed by atoms with E-state index < -0.39 is 5.54 Å². The number of hydrogen-bond donors (Lipinski definition) is 1. The fourth-order valence-electron chi connectivity index (χ4n) is 2.81. The van der Waals surface area contributed by atoms with E-state index in [-0.39, 0.29) is 11.6 Å². The summed E-state index contributed by atoms with van der Waals surface area (Å²) in [7, 11) is 0. The number of anilines is 1. The van der Waals surface area contributed by atoms with E-state index in [0.717, 1.165) is 16.8 Å². The van der Waals surface area contributed by atoms with Gasteiger partial charge in [0.25, 0.3) is 0 Å². The Kier molecular flexibility index (Phi) is 3.16. The molecule has 1 aliphatic heterocycles. The summed E-state index contributed by atoms with van der Waals surface area (Å²) in [4.78, 5) is 0. The number of benzene rings is 2. The maximum atomic E-state index is 13.2. The first kappa shape index (κ1) is 14.5. The summed E-state index contributed by atoms with van der Waals surface area (Å²) in [6, 6.07) is 12.3. The lowest BCUT2D eigenvalue weighted by Gasteiger charge is -2.33. The summed E-state index contributed by atoms with van der Waals surface area (Å²) < 4.78 is 28.0. The zero-order chi connectivity index (χ0) is 16.7. The maximum absolute atomic E-state index is 13.2. The van der Waals surface area contributed by atoms with E-state index in [0.29, 0.717) is 5.95 Å². The average Bonchev–Trinajstić information content (AvgIpc) is 3.03. The molecule has 120 valence electrons. The van der Waals surface area contributed by atoms with Crippen LogP contribution in [-0.4, -0.2) is 20.2 Å². The summed E-state index contributed by atoms with van der Waals surface area (Å²) in [6.07, 6.45) is 1.94. The lowest BCUT2D eigenvalue weighted by molar-refractivity contribution is 0.617. The van der Waals surface area contributed by atoms with Gasteiger partial charge < -0.3 is 5.32 Å². The molecule has 0 aliphatic carbocycles. The van der Waals surface area contributed by atoms with Crippen molar-refractivity contribution in [1.82, 2.24) is 20.2 Å². The molecule has 0 radical (unpaired) electrons. The van der Waals surface area contributed by atoms with Gasteiger partial charge in [0.1, 0.15) is 11.6 Å². The SMILES string of the molecule is C[C@]1(c2ccc(F)cc2)C=C(c2ccc(F)cc2)n2nnnc2N1. The van der Waals surface area contributed by atoms with Crippen LogP contribution < -0.4 is 5.32 Å². The van der Waals surface area contributed by atoms with E-state index in [1.54, 1.807) is 28.9 Å². The molecule has 5 nitrogen and oxygen atoms in total. The molecule has 7 heteroatoms. The first-order chi connectivity index (χ1) is 11.5. The predicted molar refractivity (Wildman–Crippen MR) is 85.0 cm³/mol. The van der Waals surface area contributed by atoms with Crippen LogP contribution in [0.25, 0.3) is 5.70 Å². The topological polar surface area (TPSA) is 55.6 Å². The highest BCUT2D eigenvalue weighted by atomic mass is 19.1. The normalized spacial score (nSPS) is 19.4. The monoisotopic (exact) mass is 325 g/mol. The molecule has 4 rings (SSSR count). The molecule has 0 saturated heterocycles. The van der Waals surface area contributed by atoms with Gasteiger partial charge in [-0.1, -0.05) is 17.2 Å². The van der Waals surface area contributed by atoms with Crippen LogP contribution in [-0.2, 0) is 5.54 Å². The van der Waals surface area contributed by atoms with E-state index >= 15 is 0 Å². The predicted octanol–water partition coefficient (Wildman–Crippen LogP) is 3.18. The maximum Gasteiger partial charge on any atom is 0.248 e. The lowest BCUT2D eigenvalue weighted by Crippen LogP contribution is -2.35. The van der Waals surface area contributed by atoms with Crippen molar-refractivity contribution in [3.8, 4) is 0 Å². The summed E-state index contributed by atoms with van der Waals surface area (Å²) in [5.74, 6) is -0.152. The van der Waals surface area contributed by atoms with E-state index in [1.165, 1.54) is 24.3 Å². The van der Waals surface area contributed by atoms with E-state index in [1.807, 2.05) is 13.0 Å². The Labute approximate surface area is 136 Å².